The lowest BCUT2D eigenvalue weighted by molar-refractivity contribution is -0.113. The van der Waals surface area contributed by atoms with E-state index < -0.39 is 0 Å². The topological polar surface area (TPSA) is 70.7 Å². The molecule has 134 valence electrons. The number of imidazole rings is 1. The van der Waals surface area contributed by atoms with E-state index in [1.807, 2.05) is 66.0 Å². The second-order valence-corrected chi connectivity index (χ2v) is 7.53. The highest BCUT2D eigenvalue weighted by Gasteiger charge is 2.15. The van der Waals surface area contributed by atoms with Gasteiger partial charge in [0.25, 0.3) is 0 Å². The Bertz CT molecular complexity index is 1010. The number of aromatic amines is 1. The second kappa shape index (κ2) is 8.20. The molecule has 1 amide bonds. The summed E-state index contributed by atoms with van der Waals surface area (Å²) in [6.07, 6.45) is 1.67. The predicted molar refractivity (Wildman–Crippen MR) is 111 cm³/mol. The van der Waals surface area contributed by atoms with Crippen LogP contribution in [0.1, 0.15) is 0 Å². The quantitative estimate of drug-likeness (QED) is 0.456. The highest BCUT2D eigenvalue weighted by atomic mass is 32.2. The zero-order valence-corrected chi connectivity index (χ0v) is 15.9. The van der Waals surface area contributed by atoms with Crippen molar-refractivity contribution in [2.45, 2.75) is 5.03 Å². The fourth-order valence-corrected chi connectivity index (χ4v) is 3.92. The minimum atomic E-state index is -0.0989. The monoisotopic (exact) mass is 392 g/mol. The maximum absolute atomic E-state index is 12.2. The van der Waals surface area contributed by atoms with Crippen LogP contribution in [0, 0.1) is 0 Å². The van der Waals surface area contributed by atoms with Gasteiger partial charge in [0, 0.05) is 22.7 Å². The molecule has 0 unspecified atom stereocenters. The Morgan fingerprint density at radius 1 is 1.04 bits per heavy atom. The first kappa shape index (κ1) is 17.5. The summed E-state index contributed by atoms with van der Waals surface area (Å²) in [5, 5.41) is 6.04. The van der Waals surface area contributed by atoms with Crippen LogP contribution in [0.2, 0.25) is 0 Å². The summed E-state index contributed by atoms with van der Waals surface area (Å²) in [7, 11) is 0. The minimum absolute atomic E-state index is 0.0989. The van der Waals surface area contributed by atoms with E-state index in [1.54, 1.807) is 6.20 Å². The molecule has 0 aliphatic carbocycles. The zero-order valence-electron chi connectivity index (χ0n) is 14.3. The summed E-state index contributed by atoms with van der Waals surface area (Å²) >= 11 is 2.81. The van der Waals surface area contributed by atoms with Crippen molar-refractivity contribution in [2.24, 2.45) is 0 Å². The fraction of sp³-hybridized carbons (Fsp3) is 0.0500. The number of rotatable bonds is 6. The number of thioether (sulfide) groups is 1. The number of nitrogens with zero attached hydrogens (tertiary/aromatic N) is 2. The van der Waals surface area contributed by atoms with Crippen molar-refractivity contribution in [2.75, 3.05) is 11.1 Å². The van der Waals surface area contributed by atoms with Gasteiger partial charge in [-0.2, -0.15) is 0 Å². The molecule has 4 aromatic rings. The molecule has 27 heavy (non-hydrogen) atoms. The van der Waals surface area contributed by atoms with Gasteiger partial charge in [-0.3, -0.25) is 4.79 Å². The van der Waals surface area contributed by atoms with Crippen molar-refractivity contribution in [3.8, 4) is 22.6 Å². The third kappa shape index (κ3) is 4.27. The third-order valence-electron chi connectivity index (χ3n) is 3.80. The SMILES string of the molecule is O=C(CSc1nc(-c2ccccc2)[nH]c1-c1ccccc1)Nc1nccs1. The van der Waals surface area contributed by atoms with Gasteiger partial charge in [-0.05, 0) is 0 Å². The molecule has 5 nitrogen and oxygen atoms in total. The lowest BCUT2D eigenvalue weighted by Crippen LogP contribution is -2.13. The molecule has 2 aromatic heterocycles. The molecule has 0 aliphatic rings. The number of benzene rings is 2. The molecule has 0 saturated carbocycles. The molecule has 0 bridgehead atoms. The summed E-state index contributed by atoms with van der Waals surface area (Å²) in [6, 6.07) is 20.0. The van der Waals surface area contributed by atoms with Crippen molar-refractivity contribution in [3.05, 3.63) is 72.2 Å². The Morgan fingerprint density at radius 3 is 2.41 bits per heavy atom. The first-order valence-corrected chi connectivity index (χ1v) is 10.2. The summed E-state index contributed by atoms with van der Waals surface area (Å²) in [6.45, 7) is 0. The Morgan fingerprint density at radius 2 is 1.74 bits per heavy atom. The van der Waals surface area contributed by atoms with Gasteiger partial charge >= 0.3 is 0 Å². The van der Waals surface area contributed by atoms with E-state index in [-0.39, 0.29) is 11.7 Å². The van der Waals surface area contributed by atoms with Crippen LogP contribution in [0.25, 0.3) is 22.6 Å². The van der Waals surface area contributed by atoms with Gasteiger partial charge in [-0.15, -0.1) is 11.3 Å². The summed E-state index contributed by atoms with van der Waals surface area (Å²) < 4.78 is 0. The van der Waals surface area contributed by atoms with Crippen molar-refractivity contribution in [1.29, 1.82) is 0 Å². The lowest BCUT2D eigenvalue weighted by atomic mass is 10.2. The van der Waals surface area contributed by atoms with Gasteiger partial charge in [0.1, 0.15) is 10.9 Å². The molecular formula is C20H16N4OS2. The Balaban J connectivity index is 1.58. The number of carbonyl (C=O) groups excluding carboxylic acids is 1. The van der Waals surface area contributed by atoms with Gasteiger partial charge < -0.3 is 10.3 Å². The molecule has 0 saturated heterocycles. The molecule has 0 radical (unpaired) electrons. The second-order valence-electron chi connectivity index (χ2n) is 5.67. The average Bonchev–Trinajstić information content (AvgIpc) is 3.37. The Labute approximate surface area is 164 Å². The van der Waals surface area contributed by atoms with Crippen LogP contribution in [0.5, 0.6) is 0 Å². The minimum Gasteiger partial charge on any atom is -0.337 e. The molecule has 0 aliphatic heterocycles. The summed E-state index contributed by atoms with van der Waals surface area (Å²) in [4.78, 5) is 24.4. The smallest absolute Gasteiger partial charge is 0.236 e. The number of aromatic nitrogens is 3. The predicted octanol–water partition coefficient (Wildman–Crippen LogP) is 4.93. The van der Waals surface area contributed by atoms with Crippen LogP contribution >= 0.6 is 23.1 Å². The fourth-order valence-electron chi connectivity index (χ4n) is 2.57. The molecule has 2 heterocycles. The number of thiazole rings is 1. The standard InChI is InChI=1S/C20H16N4OS2/c25-16(22-20-21-11-12-26-20)13-27-19-17(14-7-3-1-4-8-14)23-18(24-19)15-9-5-2-6-10-15/h1-12H,13H2,(H,23,24)(H,21,22,25). The van der Waals surface area contributed by atoms with Crippen molar-refractivity contribution < 1.29 is 4.79 Å². The van der Waals surface area contributed by atoms with Crippen LogP contribution in [-0.4, -0.2) is 26.6 Å². The Hall–Kier alpha value is -2.90. The van der Waals surface area contributed by atoms with Crippen molar-refractivity contribution in [3.63, 3.8) is 0 Å². The van der Waals surface area contributed by atoms with Gasteiger partial charge in [0.05, 0.1) is 11.4 Å². The highest BCUT2D eigenvalue weighted by Crippen LogP contribution is 2.32. The number of carbonyl (C=O) groups is 1. The molecule has 0 fully saturated rings. The first-order chi connectivity index (χ1) is 13.3. The van der Waals surface area contributed by atoms with Crippen LogP contribution in [0.3, 0.4) is 0 Å². The van der Waals surface area contributed by atoms with E-state index in [9.17, 15) is 4.79 Å². The number of hydrogen-bond acceptors (Lipinski definition) is 5. The summed E-state index contributed by atoms with van der Waals surface area (Å²) in [5.41, 5.74) is 2.96. The Kier molecular flexibility index (Phi) is 5.32. The first-order valence-electron chi connectivity index (χ1n) is 8.32. The van der Waals surface area contributed by atoms with Crippen molar-refractivity contribution in [1.82, 2.24) is 15.0 Å². The van der Waals surface area contributed by atoms with E-state index in [1.165, 1.54) is 23.1 Å². The van der Waals surface area contributed by atoms with Crippen LogP contribution in [0.4, 0.5) is 5.13 Å². The molecule has 0 atom stereocenters. The van der Waals surface area contributed by atoms with E-state index in [0.717, 1.165) is 27.7 Å². The molecule has 4 rings (SSSR count). The van der Waals surface area contributed by atoms with E-state index in [0.29, 0.717) is 5.13 Å². The molecular weight excluding hydrogens is 376 g/mol. The van der Waals surface area contributed by atoms with Crippen molar-refractivity contribution >= 4 is 34.1 Å². The number of H-pyrrole nitrogens is 1. The van der Waals surface area contributed by atoms with Crippen LogP contribution in [-0.2, 0) is 4.79 Å². The van der Waals surface area contributed by atoms with Crippen LogP contribution < -0.4 is 5.32 Å². The normalized spacial score (nSPS) is 10.7. The van der Waals surface area contributed by atoms with Gasteiger partial charge in [-0.25, -0.2) is 9.97 Å². The maximum atomic E-state index is 12.2. The van der Waals surface area contributed by atoms with E-state index in [2.05, 4.69) is 15.3 Å². The summed E-state index contributed by atoms with van der Waals surface area (Å²) in [5.74, 6) is 0.953. The number of anilines is 1. The molecule has 2 aromatic carbocycles. The molecule has 7 heteroatoms. The van der Waals surface area contributed by atoms with Crippen LogP contribution in [0.15, 0.2) is 77.3 Å². The largest absolute Gasteiger partial charge is 0.337 e. The van der Waals surface area contributed by atoms with Gasteiger partial charge in [-0.1, -0.05) is 72.4 Å². The van der Waals surface area contributed by atoms with E-state index >= 15 is 0 Å². The maximum Gasteiger partial charge on any atom is 0.236 e. The lowest BCUT2D eigenvalue weighted by Gasteiger charge is -2.03. The van der Waals surface area contributed by atoms with E-state index in [4.69, 9.17) is 4.98 Å². The molecule has 0 spiro atoms. The number of nitrogens with one attached hydrogen (secondary N) is 2. The average molecular weight is 393 g/mol. The zero-order chi connectivity index (χ0) is 18.5. The third-order valence-corrected chi connectivity index (χ3v) is 5.46. The number of hydrogen-bond donors (Lipinski definition) is 2. The number of amides is 1. The molecule has 2 N–H and O–H groups in total. The van der Waals surface area contributed by atoms with Gasteiger partial charge in [0.2, 0.25) is 5.91 Å². The van der Waals surface area contributed by atoms with Gasteiger partial charge in [0.15, 0.2) is 5.13 Å². The highest BCUT2D eigenvalue weighted by molar-refractivity contribution is 8.00.